The Hall–Kier alpha value is -0.870. The van der Waals surface area contributed by atoms with Crippen LogP contribution in [-0.4, -0.2) is 42.3 Å². The lowest BCUT2D eigenvalue weighted by atomic mass is 9.84. The zero-order valence-corrected chi connectivity index (χ0v) is 11.7. The van der Waals surface area contributed by atoms with Gasteiger partial charge in [-0.25, -0.2) is 0 Å². The smallest absolute Gasteiger partial charge is 0.324 e. The van der Waals surface area contributed by atoms with Crippen LogP contribution < -0.4 is 5.32 Å². The first-order chi connectivity index (χ1) is 9.31. The van der Waals surface area contributed by atoms with Gasteiger partial charge in [0, 0.05) is 18.8 Å². The summed E-state index contributed by atoms with van der Waals surface area (Å²) in [5.41, 5.74) is 0. The van der Waals surface area contributed by atoms with Gasteiger partial charge in [0.05, 0.1) is 6.61 Å². The topological polar surface area (TPSA) is 41.6 Å². The third-order valence-electron chi connectivity index (χ3n) is 4.81. The third-order valence-corrected chi connectivity index (χ3v) is 4.81. The molecule has 1 saturated heterocycles. The van der Waals surface area contributed by atoms with Gasteiger partial charge in [-0.1, -0.05) is 25.0 Å². The molecule has 4 heteroatoms. The van der Waals surface area contributed by atoms with Crippen molar-refractivity contribution < 1.29 is 9.53 Å². The summed E-state index contributed by atoms with van der Waals surface area (Å²) in [4.78, 5) is 14.6. The Labute approximate surface area is 115 Å². The Balaban J connectivity index is 1.76. The van der Waals surface area contributed by atoms with Gasteiger partial charge >= 0.3 is 5.97 Å². The van der Waals surface area contributed by atoms with Gasteiger partial charge in [-0.05, 0) is 32.1 Å². The van der Waals surface area contributed by atoms with Crippen molar-refractivity contribution in [3.63, 3.8) is 0 Å². The fourth-order valence-corrected chi connectivity index (χ4v) is 3.92. The molecule has 4 atom stereocenters. The van der Waals surface area contributed by atoms with E-state index in [4.69, 9.17) is 4.74 Å². The van der Waals surface area contributed by atoms with Crippen molar-refractivity contribution in [1.82, 2.24) is 10.2 Å². The minimum Gasteiger partial charge on any atom is -0.465 e. The molecule has 1 aliphatic carbocycles. The number of ether oxygens (including phenoxy) is 1. The molecule has 3 rings (SSSR count). The molecule has 1 N–H and O–H groups in total. The van der Waals surface area contributed by atoms with Crippen LogP contribution in [-0.2, 0) is 9.53 Å². The molecule has 106 valence electrons. The van der Waals surface area contributed by atoms with Crippen LogP contribution in [0.4, 0.5) is 0 Å². The number of rotatable bonds is 2. The molecule has 0 spiro atoms. The second kappa shape index (κ2) is 5.63. The fourth-order valence-electron chi connectivity index (χ4n) is 3.92. The second-order valence-corrected chi connectivity index (χ2v) is 5.85. The zero-order valence-electron chi connectivity index (χ0n) is 11.7. The zero-order chi connectivity index (χ0) is 13.2. The maximum atomic E-state index is 12.0. The maximum Gasteiger partial charge on any atom is 0.324 e. The van der Waals surface area contributed by atoms with Gasteiger partial charge in [-0.2, -0.15) is 0 Å². The van der Waals surface area contributed by atoms with Crippen molar-refractivity contribution in [3.05, 3.63) is 12.2 Å². The largest absolute Gasteiger partial charge is 0.465 e. The molecule has 0 amide bonds. The number of fused-ring (bicyclic) bond motifs is 3. The first-order valence-electron chi connectivity index (χ1n) is 7.63. The second-order valence-electron chi connectivity index (χ2n) is 5.85. The van der Waals surface area contributed by atoms with Gasteiger partial charge in [-0.3, -0.25) is 15.0 Å². The molecule has 2 aliphatic heterocycles. The Bertz CT molecular complexity index is 369. The summed E-state index contributed by atoms with van der Waals surface area (Å²) in [6.45, 7) is 3.16. The van der Waals surface area contributed by atoms with Crippen LogP contribution in [0.3, 0.4) is 0 Å². The van der Waals surface area contributed by atoms with Crippen LogP contribution >= 0.6 is 0 Å². The highest BCUT2D eigenvalue weighted by Gasteiger charge is 2.44. The molecule has 0 bridgehead atoms. The normalized spacial score (nSPS) is 38.4. The Morgan fingerprint density at radius 2 is 2.21 bits per heavy atom. The van der Waals surface area contributed by atoms with Gasteiger partial charge < -0.3 is 4.74 Å². The van der Waals surface area contributed by atoms with Crippen molar-refractivity contribution in [2.75, 3.05) is 13.3 Å². The highest BCUT2D eigenvalue weighted by Crippen LogP contribution is 2.35. The Morgan fingerprint density at radius 1 is 1.37 bits per heavy atom. The van der Waals surface area contributed by atoms with Gasteiger partial charge in [0.15, 0.2) is 0 Å². The van der Waals surface area contributed by atoms with Crippen molar-refractivity contribution in [2.45, 2.75) is 57.2 Å². The minimum atomic E-state index is -0.148. The standard InChI is InChI=1S/C15H24N2O2/c1-2-19-15(18)14-13-9-5-7-11-6-3-4-8-12(11)17(13)10-16-14/h5,7,11-14,16H,2-4,6,8-10H2,1H3. The molecule has 2 fully saturated rings. The van der Waals surface area contributed by atoms with E-state index in [2.05, 4.69) is 22.4 Å². The average Bonchev–Trinajstić information content (AvgIpc) is 2.75. The lowest BCUT2D eigenvalue weighted by Crippen LogP contribution is -2.47. The van der Waals surface area contributed by atoms with E-state index < -0.39 is 0 Å². The van der Waals surface area contributed by atoms with Crippen molar-refractivity contribution >= 4 is 5.97 Å². The molecule has 0 aromatic heterocycles. The van der Waals surface area contributed by atoms with E-state index in [-0.39, 0.29) is 18.1 Å². The monoisotopic (exact) mass is 264 g/mol. The molecule has 4 nitrogen and oxygen atoms in total. The first-order valence-corrected chi connectivity index (χ1v) is 7.63. The predicted octanol–water partition coefficient (Wildman–Crippen LogP) is 1.67. The summed E-state index contributed by atoms with van der Waals surface area (Å²) in [6, 6.07) is 0.748. The van der Waals surface area contributed by atoms with Crippen LogP contribution in [0.2, 0.25) is 0 Å². The third kappa shape index (κ3) is 2.43. The number of carbonyl (C=O) groups excluding carboxylic acids is 1. The number of nitrogens with one attached hydrogen (secondary N) is 1. The van der Waals surface area contributed by atoms with E-state index >= 15 is 0 Å². The summed E-state index contributed by atoms with van der Waals surface area (Å²) in [7, 11) is 0. The number of carbonyl (C=O) groups is 1. The summed E-state index contributed by atoms with van der Waals surface area (Å²) in [6.07, 6.45) is 10.9. The van der Waals surface area contributed by atoms with Crippen LogP contribution in [0, 0.1) is 5.92 Å². The molecule has 3 aliphatic rings. The number of hydrogen-bond donors (Lipinski definition) is 1. The van der Waals surface area contributed by atoms with E-state index in [1.54, 1.807) is 0 Å². The van der Waals surface area contributed by atoms with Crippen LogP contribution in [0.15, 0.2) is 12.2 Å². The van der Waals surface area contributed by atoms with Crippen molar-refractivity contribution in [3.8, 4) is 0 Å². The molecule has 2 heterocycles. The average molecular weight is 264 g/mol. The van der Waals surface area contributed by atoms with Crippen LogP contribution in [0.25, 0.3) is 0 Å². The van der Waals surface area contributed by atoms with Gasteiger partial charge in [-0.15, -0.1) is 0 Å². The van der Waals surface area contributed by atoms with E-state index in [0.717, 1.165) is 13.1 Å². The molecule has 4 unspecified atom stereocenters. The minimum absolute atomic E-state index is 0.0855. The molecule has 0 aromatic carbocycles. The lowest BCUT2D eigenvalue weighted by Gasteiger charge is -2.38. The predicted molar refractivity (Wildman–Crippen MR) is 73.6 cm³/mol. The van der Waals surface area contributed by atoms with E-state index in [9.17, 15) is 4.79 Å². The summed E-state index contributed by atoms with van der Waals surface area (Å²) in [5.74, 6) is 0.596. The van der Waals surface area contributed by atoms with Gasteiger partial charge in [0.1, 0.15) is 6.04 Å². The molecule has 0 aromatic rings. The van der Waals surface area contributed by atoms with E-state index in [1.807, 2.05) is 6.92 Å². The Kier molecular flexibility index (Phi) is 3.89. The summed E-state index contributed by atoms with van der Waals surface area (Å²) in [5, 5.41) is 3.36. The summed E-state index contributed by atoms with van der Waals surface area (Å²) >= 11 is 0. The Morgan fingerprint density at radius 3 is 3.05 bits per heavy atom. The van der Waals surface area contributed by atoms with Crippen molar-refractivity contribution in [1.29, 1.82) is 0 Å². The highest BCUT2D eigenvalue weighted by atomic mass is 16.5. The molecule has 0 radical (unpaired) electrons. The molecular weight excluding hydrogens is 240 g/mol. The summed E-state index contributed by atoms with van der Waals surface area (Å²) < 4.78 is 5.20. The number of hydrogen-bond acceptors (Lipinski definition) is 4. The fraction of sp³-hybridized carbons (Fsp3) is 0.800. The van der Waals surface area contributed by atoms with Gasteiger partial charge in [0.25, 0.3) is 0 Å². The van der Waals surface area contributed by atoms with E-state index in [0.29, 0.717) is 18.6 Å². The quantitative estimate of drug-likeness (QED) is 0.608. The first kappa shape index (κ1) is 13.1. The lowest BCUT2D eigenvalue weighted by molar-refractivity contribution is -0.146. The molecule has 19 heavy (non-hydrogen) atoms. The van der Waals surface area contributed by atoms with E-state index in [1.165, 1.54) is 25.7 Å². The molecule has 1 saturated carbocycles. The molecular formula is C15H24N2O2. The SMILES string of the molecule is CCOC(=O)C1NCN2C3CCCCC3C=CCC12. The maximum absolute atomic E-state index is 12.0. The number of nitrogens with zero attached hydrogens (tertiary/aromatic N) is 1. The van der Waals surface area contributed by atoms with Crippen LogP contribution in [0.1, 0.15) is 39.0 Å². The highest BCUT2D eigenvalue weighted by molar-refractivity contribution is 5.77. The van der Waals surface area contributed by atoms with Crippen LogP contribution in [0.5, 0.6) is 0 Å². The van der Waals surface area contributed by atoms with Crippen molar-refractivity contribution in [2.24, 2.45) is 5.92 Å². The number of esters is 1. The van der Waals surface area contributed by atoms with Gasteiger partial charge in [0.2, 0.25) is 0 Å².